The number of carbonyl (C=O) groups is 1. The molecule has 0 fully saturated rings. The fourth-order valence-corrected chi connectivity index (χ4v) is 4.43. The van der Waals surface area contributed by atoms with Crippen LogP contribution >= 0.6 is 0 Å². The average Bonchev–Trinajstić information content (AvgIpc) is 3.22. The van der Waals surface area contributed by atoms with Crippen LogP contribution in [0.5, 0.6) is 0 Å². The van der Waals surface area contributed by atoms with Crippen molar-refractivity contribution in [1.82, 2.24) is 15.0 Å². The zero-order chi connectivity index (χ0) is 21.7. The van der Waals surface area contributed by atoms with Gasteiger partial charge in [-0.25, -0.2) is 13.1 Å². The van der Waals surface area contributed by atoms with E-state index in [9.17, 15) is 13.2 Å². The van der Waals surface area contributed by atoms with Gasteiger partial charge in [0, 0.05) is 35.8 Å². The van der Waals surface area contributed by atoms with E-state index >= 15 is 0 Å². The van der Waals surface area contributed by atoms with Crippen LogP contribution in [-0.2, 0) is 23.0 Å². The molecule has 1 heterocycles. The molecule has 3 N–H and O–H groups in total. The fourth-order valence-electron chi connectivity index (χ4n) is 3.39. The van der Waals surface area contributed by atoms with Crippen LogP contribution in [0.1, 0.15) is 21.5 Å². The molecule has 0 unspecified atom stereocenters. The first-order chi connectivity index (χ1) is 15.0. The van der Waals surface area contributed by atoms with Crippen LogP contribution in [0, 0.1) is 0 Å². The van der Waals surface area contributed by atoms with E-state index in [0.29, 0.717) is 12.1 Å². The van der Waals surface area contributed by atoms with Crippen LogP contribution in [0.4, 0.5) is 0 Å². The minimum absolute atomic E-state index is 0.152. The zero-order valence-corrected chi connectivity index (χ0v) is 17.7. The Morgan fingerprint density at radius 1 is 0.871 bits per heavy atom. The van der Waals surface area contributed by atoms with Crippen molar-refractivity contribution >= 4 is 26.8 Å². The second-order valence-electron chi connectivity index (χ2n) is 7.20. The lowest BCUT2D eigenvalue weighted by Gasteiger charge is -2.08. The molecule has 7 heteroatoms. The Hall–Kier alpha value is -3.42. The quantitative estimate of drug-likeness (QED) is 0.396. The third kappa shape index (κ3) is 5.02. The number of rotatable bonds is 8. The number of H-pyrrole nitrogens is 1. The van der Waals surface area contributed by atoms with E-state index in [4.69, 9.17) is 0 Å². The van der Waals surface area contributed by atoms with Crippen molar-refractivity contribution in [1.29, 1.82) is 0 Å². The molecule has 3 aromatic carbocycles. The monoisotopic (exact) mass is 433 g/mol. The van der Waals surface area contributed by atoms with Crippen molar-refractivity contribution in [3.8, 4) is 0 Å². The highest BCUT2D eigenvalue weighted by Crippen LogP contribution is 2.17. The highest BCUT2D eigenvalue weighted by atomic mass is 32.2. The van der Waals surface area contributed by atoms with E-state index in [1.54, 1.807) is 54.6 Å². The molecule has 6 nitrogen and oxygen atoms in total. The maximum atomic E-state index is 12.4. The fraction of sp³-hybridized carbons (Fsp3) is 0.125. The van der Waals surface area contributed by atoms with Crippen molar-refractivity contribution in [2.45, 2.75) is 17.9 Å². The Bertz CT molecular complexity index is 1280. The normalized spacial score (nSPS) is 11.5. The van der Waals surface area contributed by atoms with Gasteiger partial charge in [0.1, 0.15) is 0 Å². The molecule has 0 bridgehead atoms. The molecule has 158 valence electrons. The number of sulfonamides is 1. The SMILES string of the molecule is O=C(NCCc1c[nH]c2ccccc12)c1ccc(CNS(=O)(=O)c2ccccc2)cc1. The Morgan fingerprint density at radius 2 is 1.58 bits per heavy atom. The van der Waals surface area contributed by atoms with Crippen LogP contribution in [0.15, 0.2) is 90.0 Å². The number of fused-ring (bicyclic) bond motifs is 1. The lowest BCUT2D eigenvalue weighted by atomic mass is 10.1. The molecule has 0 saturated heterocycles. The summed E-state index contributed by atoms with van der Waals surface area (Å²) in [6, 6.07) is 23.2. The van der Waals surface area contributed by atoms with Gasteiger partial charge in [-0.1, -0.05) is 48.5 Å². The molecule has 0 aliphatic heterocycles. The van der Waals surface area contributed by atoms with Gasteiger partial charge < -0.3 is 10.3 Å². The predicted molar refractivity (Wildman–Crippen MR) is 121 cm³/mol. The molecule has 0 aliphatic rings. The predicted octanol–water partition coefficient (Wildman–Crippen LogP) is 3.62. The topological polar surface area (TPSA) is 91.1 Å². The van der Waals surface area contributed by atoms with E-state index in [-0.39, 0.29) is 17.3 Å². The molecule has 0 atom stereocenters. The van der Waals surface area contributed by atoms with E-state index in [0.717, 1.165) is 23.1 Å². The van der Waals surface area contributed by atoms with Crippen LogP contribution in [0.2, 0.25) is 0 Å². The highest BCUT2D eigenvalue weighted by molar-refractivity contribution is 7.89. The molecule has 4 rings (SSSR count). The second-order valence-corrected chi connectivity index (χ2v) is 8.97. The number of carbonyl (C=O) groups excluding carboxylic acids is 1. The van der Waals surface area contributed by atoms with Crippen molar-refractivity contribution in [3.63, 3.8) is 0 Å². The second kappa shape index (κ2) is 9.16. The first-order valence-corrected chi connectivity index (χ1v) is 11.5. The van der Waals surface area contributed by atoms with Gasteiger partial charge in [0.05, 0.1) is 4.90 Å². The number of nitrogens with one attached hydrogen (secondary N) is 3. The van der Waals surface area contributed by atoms with Crippen LogP contribution in [-0.4, -0.2) is 25.9 Å². The maximum Gasteiger partial charge on any atom is 0.251 e. The number of hydrogen-bond donors (Lipinski definition) is 3. The summed E-state index contributed by atoms with van der Waals surface area (Å²) in [6.45, 7) is 0.680. The van der Waals surface area contributed by atoms with E-state index in [1.165, 1.54) is 5.39 Å². The maximum absolute atomic E-state index is 12.4. The minimum atomic E-state index is -3.57. The summed E-state index contributed by atoms with van der Waals surface area (Å²) in [4.78, 5) is 15.9. The van der Waals surface area contributed by atoms with Gasteiger partial charge in [-0.15, -0.1) is 0 Å². The Balaban J connectivity index is 1.30. The molecule has 4 aromatic rings. The standard InChI is InChI=1S/C24H23N3O3S/c28-24(25-15-14-20-17-26-23-9-5-4-8-22(20)23)19-12-10-18(11-13-19)16-27-31(29,30)21-6-2-1-3-7-21/h1-13,17,26-27H,14-16H2,(H,25,28). The van der Waals surface area contributed by atoms with Crippen LogP contribution in [0.3, 0.4) is 0 Å². The first-order valence-electron chi connectivity index (χ1n) is 10.00. The van der Waals surface area contributed by atoms with E-state index < -0.39 is 10.0 Å². The third-order valence-corrected chi connectivity index (χ3v) is 6.51. The van der Waals surface area contributed by atoms with Gasteiger partial charge in [0.15, 0.2) is 0 Å². The molecule has 0 saturated carbocycles. The van der Waals surface area contributed by atoms with Gasteiger partial charge in [0.25, 0.3) is 5.91 Å². The molecule has 0 radical (unpaired) electrons. The lowest BCUT2D eigenvalue weighted by molar-refractivity contribution is 0.0954. The zero-order valence-electron chi connectivity index (χ0n) is 16.8. The molecule has 0 aliphatic carbocycles. The van der Waals surface area contributed by atoms with Gasteiger partial charge >= 0.3 is 0 Å². The summed E-state index contributed by atoms with van der Waals surface area (Å²) in [5, 5.41) is 4.10. The summed E-state index contributed by atoms with van der Waals surface area (Å²) in [5.74, 6) is -0.156. The Morgan fingerprint density at radius 3 is 2.35 bits per heavy atom. The average molecular weight is 434 g/mol. The van der Waals surface area contributed by atoms with E-state index in [1.807, 2.05) is 24.4 Å². The number of benzene rings is 3. The largest absolute Gasteiger partial charge is 0.361 e. The Kier molecular flexibility index (Phi) is 6.16. The van der Waals surface area contributed by atoms with E-state index in [2.05, 4.69) is 21.1 Å². The molecule has 31 heavy (non-hydrogen) atoms. The summed E-state index contributed by atoms with van der Waals surface area (Å²) in [7, 11) is -3.57. The number of amides is 1. The highest BCUT2D eigenvalue weighted by Gasteiger charge is 2.13. The van der Waals surface area contributed by atoms with Crippen molar-refractivity contribution in [3.05, 3.63) is 102 Å². The van der Waals surface area contributed by atoms with Gasteiger partial charge in [0.2, 0.25) is 10.0 Å². The van der Waals surface area contributed by atoms with Gasteiger partial charge in [-0.3, -0.25) is 4.79 Å². The Labute approximate surface area is 181 Å². The van der Waals surface area contributed by atoms with Crippen LogP contribution in [0.25, 0.3) is 10.9 Å². The van der Waals surface area contributed by atoms with Crippen molar-refractivity contribution < 1.29 is 13.2 Å². The first kappa shape index (κ1) is 20.8. The third-order valence-electron chi connectivity index (χ3n) is 5.09. The molecular formula is C24H23N3O3S. The summed E-state index contributed by atoms with van der Waals surface area (Å²) in [5.41, 5.74) is 3.56. The summed E-state index contributed by atoms with van der Waals surface area (Å²) in [6.07, 6.45) is 2.71. The minimum Gasteiger partial charge on any atom is -0.361 e. The van der Waals surface area contributed by atoms with Gasteiger partial charge in [-0.05, 0) is 47.9 Å². The number of para-hydroxylation sites is 1. The lowest BCUT2D eigenvalue weighted by Crippen LogP contribution is -2.26. The number of aromatic amines is 1. The summed E-state index contributed by atoms with van der Waals surface area (Å²) >= 11 is 0. The summed E-state index contributed by atoms with van der Waals surface area (Å²) < 4.78 is 27.2. The van der Waals surface area contributed by atoms with Crippen LogP contribution < -0.4 is 10.0 Å². The molecule has 0 spiro atoms. The molecular weight excluding hydrogens is 410 g/mol. The van der Waals surface area contributed by atoms with Gasteiger partial charge in [-0.2, -0.15) is 0 Å². The number of aromatic nitrogens is 1. The van der Waals surface area contributed by atoms with Crippen molar-refractivity contribution in [2.75, 3.05) is 6.54 Å². The van der Waals surface area contributed by atoms with Crippen molar-refractivity contribution in [2.24, 2.45) is 0 Å². The smallest absolute Gasteiger partial charge is 0.251 e. The number of hydrogen-bond acceptors (Lipinski definition) is 3. The molecule has 1 aromatic heterocycles. The molecule has 1 amide bonds.